The molecule has 0 amide bonds. The maximum Gasteiger partial charge on any atom is 0.141 e. The average molecular weight is 304 g/mol. The van der Waals surface area contributed by atoms with Crippen LogP contribution in [0.2, 0.25) is 0 Å². The third-order valence-electron chi connectivity index (χ3n) is 1.96. The van der Waals surface area contributed by atoms with Gasteiger partial charge in [0.15, 0.2) is 0 Å². The molecule has 0 aliphatic heterocycles. The molecule has 1 heterocycles. The minimum atomic E-state index is 0.220. The standard InChI is InChI=1S/C11H18BrN3S/c1-5-7-9(12)10(13)15-8(14-7)6-16-11(2,3)4/h5-6H2,1-4H3,(H2,13,14,15). The number of aryl methyl sites for hydroxylation is 1. The van der Waals surface area contributed by atoms with Crippen molar-refractivity contribution in [2.75, 3.05) is 5.73 Å². The molecule has 0 spiro atoms. The Kier molecular flexibility index (Phi) is 4.62. The molecule has 0 atom stereocenters. The van der Waals surface area contributed by atoms with Gasteiger partial charge in [0.1, 0.15) is 11.6 Å². The lowest BCUT2D eigenvalue weighted by molar-refractivity contribution is 0.799. The van der Waals surface area contributed by atoms with Crippen LogP contribution in [0.5, 0.6) is 0 Å². The molecule has 0 saturated carbocycles. The number of anilines is 1. The maximum atomic E-state index is 5.83. The van der Waals surface area contributed by atoms with E-state index in [1.807, 2.05) is 11.8 Å². The van der Waals surface area contributed by atoms with Gasteiger partial charge in [-0.1, -0.05) is 27.7 Å². The maximum absolute atomic E-state index is 5.83. The van der Waals surface area contributed by atoms with E-state index in [0.29, 0.717) is 5.82 Å². The summed E-state index contributed by atoms with van der Waals surface area (Å²) in [4.78, 5) is 8.78. The summed E-state index contributed by atoms with van der Waals surface area (Å²) < 4.78 is 1.05. The van der Waals surface area contributed by atoms with Crippen molar-refractivity contribution in [3.8, 4) is 0 Å². The van der Waals surface area contributed by atoms with E-state index in [2.05, 4.69) is 53.6 Å². The van der Waals surface area contributed by atoms with E-state index < -0.39 is 0 Å². The van der Waals surface area contributed by atoms with Gasteiger partial charge in [0.25, 0.3) is 0 Å². The molecular weight excluding hydrogens is 286 g/mol. The van der Waals surface area contributed by atoms with E-state index >= 15 is 0 Å². The number of aromatic nitrogens is 2. The minimum absolute atomic E-state index is 0.220. The van der Waals surface area contributed by atoms with Crippen molar-refractivity contribution in [2.24, 2.45) is 0 Å². The number of nitrogens with two attached hydrogens (primary N) is 1. The van der Waals surface area contributed by atoms with Crippen LogP contribution in [-0.2, 0) is 12.2 Å². The monoisotopic (exact) mass is 303 g/mol. The number of hydrogen-bond donors (Lipinski definition) is 1. The topological polar surface area (TPSA) is 51.8 Å². The zero-order valence-corrected chi connectivity index (χ0v) is 12.6. The zero-order chi connectivity index (χ0) is 12.3. The van der Waals surface area contributed by atoms with E-state index in [4.69, 9.17) is 5.73 Å². The molecule has 1 aromatic heterocycles. The Morgan fingerprint density at radius 2 is 1.94 bits per heavy atom. The first-order chi connectivity index (χ1) is 7.33. The van der Waals surface area contributed by atoms with Crippen molar-refractivity contribution < 1.29 is 0 Å². The molecule has 90 valence electrons. The van der Waals surface area contributed by atoms with Crippen molar-refractivity contribution in [2.45, 2.75) is 44.6 Å². The second-order valence-electron chi connectivity index (χ2n) is 4.54. The highest BCUT2D eigenvalue weighted by Gasteiger charge is 2.14. The fraction of sp³-hybridized carbons (Fsp3) is 0.636. The molecule has 1 aromatic rings. The quantitative estimate of drug-likeness (QED) is 0.929. The normalized spacial score (nSPS) is 11.8. The van der Waals surface area contributed by atoms with Crippen LogP contribution < -0.4 is 5.73 Å². The van der Waals surface area contributed by atoms with Crippen molar-refractivity contribution in [3.05, 3.63) is 16.0 Å². The third-order valence-corrected chi connectivity index (χ3v) is 4.09. The zero-order valence-electron chi connectivity index (χ0n) is 10.2. The number of hydrogen-bond acceptors (Lipinski definition) is 4. The Bertz CT molecular complexity index is 374. The van der Waals surface area contributed by atoms with Gasteiger partial charge in [-0.2, -0.15) is 0 Å². The molecule has 0 saturated heterocycles. The van der Waals surface area contributed by atoms with Crippen LogP contribution in [0.1, 0.15) is 39.2 Å². The molecule has 0 radical (unpaired) electrons. The Labute approximate surface area is 110 Å². The van der Waals surface area contributed by atoms with E-state index in [0.717, 1.165) is 28.2 Å². The third kappa shape index (κ3) is 3.94. The molecule has 0 aliphatic carbocycles. The summed E-state index contributed by atoms with van der Waals surface area (Å²) in [7, 11) is 0. The second kappa shape index (κ2) is 5.36. The first-order valence-electron chi connectivity index (χ1n) is 5.28. The van der Waals surface area contributed by atoms with E-state index in [1.165, 1.54) is 0 Å². The molecule has 3 nitrogen and oxygen atoms in total. The number of rotatable bonds is 3. The average Bonchev–Trinajstić information content (AvgIpc) is 2.18. The largest absolute Gasteiger partial charge is 0.383 e. The second-order valence-corrected chi connectivity index (χ2v) is 7.14. The molecular formula is C11H18BrN3S. The number of nitrogens with zero attached hydrogens (tertiary/aromatic N) is 2. The Balaban J connectivity index is 2.86. The van der Waals surface area contributed by atoms with E-state index in [1.54, 1.807) is 0 Å². The van der Waals surface area contributed by atoms with Crippen LogP contribution in [0, 0.1) is 0 Å². The van der Waals surface area contributed by atoms with E-state index in [-0.39, 0.29) is 4.75 Å². The number of thioether (sulfide) groups is 1. The predicted octanol–water partition coefficient (Wildman–Crippen LogP) is 3.42. The molecule has 0 unspecified atom stereocenters. The summed E-state index contributed by atoms with van der Waals surface area (Å²) in [6.07, 6.45) is 0.862. The van der Waals surface area contributed by atoms with Crippen LogP contribution in [0.25, 0.3) is 0 Å². The van der Waals surface area contributed by atoms with Crippen molar-refractivity contribution in [1.82, 2.24) is 9.97 Å². The summed E-state index contributed by atoms with van der Waals surface area (Å²) in [6, 6.07) is 0. The molecule has 0 bridgehead atoms. The smallest absolute Gasteiger partial charge is 0.141 e. The van der Waals surface area contributed by atoms with Gasteiger partial charge in [0.05, 0.1) is 15.9 Å². The molecule has 0 aliphatic rings. The van der Waals surface area contributed by atoms with Crippen molar-refractivity contribution >= 4 is 33.5 Å². The van der Waals surface area contributed by atoms with Gasteiger partial charge in [-0.15, -0.1) is 11.8 Å². The summed E-state index contributed by atoms with van der Waals surface area (Å²) in [6.45, 7) is 8.61. The molecule has 16 heavy (non-hydrogen) atoms. The van der Waals surface area contributed by atoms with Crippen molar-refractivity contribution in [3.63, 3.8) is 0 Å². The van der Waals surface area contributed by atoms with Gasteiger partial charge in [-0.3, -0.25) is 0 Å². The number of halogens is 1. The lowest BCUT2D eigenvalue weighted by atomic mass is 10.3. The lowest BCUT2D eigenvalue weighted by Gasteiger charge is -2.17. The minimum Gasteiger partial charge on any atom is -0.383 e. The van der Waals surface area contributed by atoms with Crippen LogP contribution >= 0.6 is 27.7 Å². The van der Waals surface area contributed by atoms with Crippen LogP contribution in [0.3, 0.4) is 0 Å². The highest BCUT2D eigenvalue weighted by Crippen LogP contribution is 2.28. The Morgan fingerprint density at radius 1 is 1.31 bits per heavy atom. The fourth-order valence-electron chi connectivity index (χ4n) is 1.15. The first-order valence-corrected chi connectivity index (χ1v) is 7.06. The summed E-state index contributed by atoms with van der Waals surface area (Å²) in [5.74, 6) is 2.15. The molecule has 5 heteroatoms. The van der Waals surface area contributed by atoms with Gasteiger partial charge < -0.3 is 5.73 Å². The fourth-order valence-corrected chi connectivity index (χ4v) is 2.29. The summed E-state index contributed by atoms with van der Waals surface area (Å²) in [5, 5.41) is 0. The molecule has 2 N–H and O–H groups in total. The van der Waals surface area contributed by atoms with Gasteiger partial charge in [0.2, 0.25) is 0 Å². The summed E-state index contributed by atoms with van der Waals surface area (Å²) in [5.41, 5.74) is 6.81. The number of nitrogen functional groups attached to an aromatic ring is 1. The highest BCUT2D eigenvalue weighted by molar-refractivity contribution is 9.10. The predicted molar refractivity (Wildman–Crippen MR) is 74.6 cm³/mol. The van der Waals surface area contributed by atoms with Crippen molar-refractivity contribution in [1.29, 1.82) is 0 Å². The van der Waals surface area contributed by atoms with Gasteiger partial charge >= 0.3 is 0 Å². The first kappa shape index (κ1) is 13.8. The lowest BCUT2D eigenvalue weighted by Crippen LogP contribution is -2.10. The van der Waals surface area contributed by atoms with Gasteiger partial charge in [-0.05, 0) is 22.4 Å². The van der Waals surface area contributed by atoms with E-state index in [9.17, 15) is 0 Å². The summed E-state index contributed by atoms with van der Waals surface area (Å²) >= 11 is 5.23. The van der Waals surface area contributed by atoms with Gasteiger partial charge in [0, 0.05) is 4.75 Å². The SMILES string of the molecule is CCc1nc(CSC(C)(C)C)nc(N)c1Br. The highest BCUT2D eigenvalue weighted by atomic mass is 79.9. The Morgan fingerprint density at radius 3 is 2.44 bits per heavy atom. The molecule has 0 aromatic carbocycles. The van der Waals surface area contributed by atoms with Gasteiger partial charge in [-0.25, -0.2) is 9.97 Å². The molecule has 0 fully saturated rings. The molecule has 1 rings (SSSR count). The van der Waals surface area contributed by atoms with Crippen LogP contribution in [0.4, 0.5) is 5.82 Å². The van der Waals surface area contributed by atoms with Crippen LogP contribution in [-0.4, -0.2) is 14.7 Å². The Hall–Kier alpha value is -0.290. The van der Waals surface area contributed by atoms with Crippen LogP contribution in [0.15, 0.2) is 4.47 Å².